The molecule has 0 N–H and O–H groups in total. The van der Waals surface area contributed by atoms with Gasteiger partial charge in [-0.1, -0.05) is 52.3 Å². The van der Waals surface area contributed by atoms with Gasteiger partial charge in [-0.05, 0) is 71.5 Å². The van der Waals surface area contributed by atoms with Crippen molar-refractivity contribution in [2.75, 3.05) is 13.4 Å². The summed E-state index contributed by atoms with van der Waals surface area (Å²) < 4.78 is 6.26. The third-order valence-electron chi connectivity index (χ3n) is 5.32. The molecule has 0 saturated carbocycles. The first-order valence-corrected chi connectivity index (χ1v) is 11.3. The molecule has 0 unspecified atom stereocenters. The van der Waals surface area contributed by atoms with Crippen molar-refractivity contribution in [2.45, 2.75) is 24.2 Å². The van der Waals surface area contributed by atoms with E-state index in [0.717, 1.165) is 39.8 Å². The van der Waals surface area contributed by atoms with Crippen LogP contribution in [0.15, 0.2) is 64.0 Å². The Balaban J connectivity index is 2.10. The van der Waals surface area contributed by atoms with Gasteiger partial charge in [-0.2, -0.15) is 0 Å². The van der Waals surface area contributed by atoms with E-state index >= 15 is 0 Å². The third kappa shape index (κ3) is 3.40. The molecule has 142 valence electrons. The molecule has 1 aliphatic rings. The van der Waals surface area contributed by atoms with E-state index in [2.05, 4.69) is 70.5 Å². The van der Waals surface area contributed by atoms with E-state index in [0.29, 0.717) is 5.56 Å². The molecule has 0 bridgehead atoms. The monoisotopic (exact) mass is 452 g/mol. The maximum atomic E-state index is 12.8. The van der Waals surface area contributed by atoms with Crippen LogP contribution in [-0.4, -0.2) is 19.3 Å². The standard InChI is InChI=1S/C24H21BrO2S/c1-27-24(26)23-21(28-2)14-20(16-10-12-17(25)13-11-16)19-9-5-7-15-6-3-4-8-18(15)22(19)23/h3-4,6,8,10-14H,5,7,9H2,1-2H3. The van der Waals surface area contributed by atoms with Gasteiger partial charge in [0, 0.05) is 14.9 Å². The minimum Gasteiger partial charge on any atom is -0.465 e. The first-order chi connectivity index (χ1) is 13.6. The van der Waals surface area contributed by atoms with Crippen LogP contribution in [0.3, 0.4) is 0 Å². The number of ether oxygens (including phenoxy) is 1. The van der Waals surface area contributed by atoms with Gasteiger partial charge in [0.2, 0.25) is 0 Å². The van der Waals surface area contributed by atoms with Gasteiger partial charge in [-0.25, -0.2) is 4.79 Å². The second kappa shape index (κ2) is 8.14. The summed E-state index contributed by atoms with van der Waals surface area (Å²) in [5.41, 5.74) is 7.81. The molecule has 0 aliphatic heterocycles. The molecule has 0 heterocycles. The van der Waals surface area contributed by atoms with Gasteiger partial charge in [0.05, 0.1) is 12.7 Å². The van der Waals surface area contributed by atoms with E-state index in [1.165, 1.54) is 29.4 Å². The molecule has 3 aromatic carbocycles. The highest BCUT2D eigenvalue weighted by Gasteiger charge is 2.27. The van der Waals surface area contributed by atoms with Crippen molar-refractivity contribution in [1.82, 2.24) is 0 Å². The van der Waals surface area contributed by atoms with Crippen molar-refractivity contribution in [2.24, 2.45) is 0 Å². The van der Waals surface area contributed by atoms with E-state index in [1.54, 1.807) is 11.8 Å². The van der Waals surface area contributed by atoms with Crippen LogP contribution in [0.1, 0.15) is 27.9 Å². The van der Waals surface area contributed by atoms with Crippen molar-refractivity contribution in [3.8, 4) is 22.3 Å². The number of aryl methyl sites for hydroxylation is 1. The quantitative estimate of drug-likeness (QED) is 0.323. The van der Waals surface area contributed by atoms with Crippen LogP contribution in [0.5, 0.6) is 0 Å². The van der Waals surface area contributed by atoms with Gasteiger partial charge < -0.3 is 4.74 Å². The molecule has 4 heteroatoms. The maximum absolute atomic E-state index is 12.8. The summed E-state index contributed by atoms with van der Waals surface area (Å²) in [4.78, 5) is 13.8. The van der Waals surface area contributed by atoms with E-state index < -0.39 is 0 Å². The highest BCUT2D eigenvalue weighted by molar-refractivity contribution is 9.10. The van der Waals surface area contributed by atoms with Crippen molar-refractivity contribution in [3.63, 3.8) is 0 Å². The van der Waals surface area contributed by atoms with Crippen molar-refractivity contribution in [1.29, 1.82) is 0 Å². The average molecular weight is 453 g/mol. The van der Waals surface area contributed by atoms with E-state index in [-0.39, 0.29) is 5.97 Å². The molecule has 28 heavy (non-hydrogen) atoms. The largest absolute Gasteiger partial charge is 0.465 e. The molecular formula is C24H21BrO2S. The SMILES string of the molecule is COC(=O)c1c(SC)cc(-c2ccc(Br)cc2)c2c1-c1ccccc1CCC2. The molecule has 0 atom stereocenters. The van der Waals surface area contributed by atoms with Crippen LogP contribution in [0.4, 0.5) is 0 Å². The average Bonchev–Trinajstić information content (AvgIpc) is 2.92. The highest BCUT2D eigenvalue weighted by atomic mass is 79.9. The summed E-state index contributed by atoms with van der Waals surface area (Å²) in [5.74, 6) is -0.264. The normalized spacial score (nSPS) is 12.7. The van der Waals surface area contributed by atoms with Crippen LogP contribution < -0.4 is 0 Å². The summed E-state index contributed by atoms with van der Waals surface area (Å²) in [5, 5.41) is 0. The summed E-state index contributed by atoms with van der Waals surface area (Å²) >= 11 is 5.12. The molecule has 0 amide bonds. The Kier molecular flexibility index (Phi) is 5.61. The van der Waals surface area contributed by atoms with Gasteiger partial charge in [0.15, 0.2) is 0 Å². The first-order valence-electron chi connectivity index (χ1n) is 9.30. The Morgan fingerprint density at radius 1 is 1.04 bits per heavy atom. The summed E-state index contributed by atoms with van der Waals surface area (Å²) in [6.45, 7) is 0. The molecule has 1 aliphatic carbocycles. The minimum atomic E-state index is -0.264. The van der Waals surface area contributed by atoms with Crippen LogP contribution >= 0.6 is 27.7 Å². The number of hydrogen-bond donors (Lipinski definition) is 0. The number of hydrogen-bond acceptors (Lipinski definition) is 3. The Hall–Kier alpha value is -2.04. The van der Waals surface area contributed by atoms with Crippen molar-refractivity contribution >= 4 is 33.7 Å². The summed E-state index contributed by atoms with van der Waals surface area (Å²) in [7, 11) is 1.46. The fourth-order valence-corrected chi connectivity index (χ4v) is 4.94. The number of rotatable bonds is 3. The van der Waals surface area contributed by atoms with Gasteiger partial charge in [-0.3, -0.25) is 0 Å². The van der Waals surface area contributed by atoms with Crippen LogP contribution in [-0.2, 0) is 17.6 Å². The van der Waals surface area contributed by atoms with E-state index in [1.807, 2.05) is 6.26 Å². The van der Waals surface area contributed by atoms with Gasteiger partial charge in [-0.15, -0.1) is 11.8 Å². The molecule has 0 radical (unpaired) electrons. The zero-order valence-electron chi connectivity index (χ0n) is 15.9. The fourth-order valence-electron chi connectivity index (χ4n) is 4.05. The summed E-state index contributed by atoms with van der Waals surface area (Å²) in [6, 6.07) is 19.0. The molecule has 2 nitrogen and oxygen atoms in total. The zero-order valence-corrected chi connectivity index (χ0v) is 18.3. The van der Waals surface area contributed by atoms with E-state index in [4.69, 9.17) is 4.74 Å². The molecule has 0 saturated heterocycles. The fraction of sp³-hybridized carbons (Fsp3) is 0.208. The Morgan fingerprint density at radius 2 is 1.79 bits per heavy atom. The van der Waals surface area contributed by atoms with Crippen molar-refractivity contribution in [3.05, 3.63) is 75.8 Å². The minimum absolute atomic E-state index is 0.264. The number of carbonyl (C=O) groups is 1. The maximum Gasteiger partial charge on any atom is 0.339 e. The lowest BCUT2D eigenvalue weighted by atomic mass is 9.86. The highest BCUT2D eigenvalue weighted by Crippen LogP contribution is 2.44. The second-order valence-corrected chi connectivity index (χ2v) is 8.63. The number of benzene rings is 3. The lowest BCUT2D eigenvalue weighted by Crippen LogP contribution is -2.09. The number of methoxy groups -OCH3 is 1. The second-order valence-electron chi connectivity index (χ2n) is 6.86. The summed E-state index contributed by atoms with van der Waals surface area (Å²) in [6.07, 6.45) is 5.03. The number of esters is 1. The van der Waals surface area contributed by atoms with Crippen LogP contribution in [0.2, 0.25) is 0 Å². The van der Waals surface area contributed by atoms with Crippen LogP contribution in [0, 0.1) is 0 Å². The van der Waals surface area contributed by atoms with Gasteiger partial charge >= 0.3 is 5.97 Å². The number of halogens is 1. The molecule has 0 spiro atoms. The predicted octanol–water partition coefficient (Wildman–Crippen LogP) is 6.78. The smallest absolute Gasteiger partial charge is 0.339 e. The van der Waals surface area contributed by atoms with Crippen LogP contribution in [0.25, 0.3) is 22.3 Å². The number of fused-ring (bicyclic) bond motifs is 3. The van der Waals surface area contributed by atoms with Gasteiger partial charge in [0.25, 0.3) is 0 Å². The number of carbonyl (C=O) groups excluding carboxylic acids is 1. The molecule has 4 rings (SSSR count). The first kappa shape index (κ1) is 19.3. The molecule has 3 aromatic rings. The predicted molar refractivity (Wildman–Crippen MR) is 120 cm³/mol. The Bertz CT molecular complexity index is 1040. The number of thioether (sulfide) groups is 1. The topological polar surface area (TPSA) is 26.3 Å². The van der Waals surface area contributed by atoms with E-state index in [9.17, 15) is 4.79 Å². The zero-order chi connectivity index (χ0) is 19.7. The van der Waals surface area contributed by atoms with Gasteiger partial charge in [0.1, 0.15) is 0 Å². The molecule has 0 fully saturated rings. The lowest BCUT2D eigenvalue weighted by Gasteiger charge is -2.21. The Morgan fingerprint density at radius 3 is 2.50 bits per heavy atom. The molecular weight excluding hydrogens is 432 g/mol. The third-order valence-corrected chi connectivity index (χ3v) is 6.61. The van der Waals surface area contributed by atoms with Crippen molar-refractivity contribution < 1.29 is 9.53 Å². The Labute approximate surface area is 178 Å². The lowest BCUT2D eigenvalue weighted by molar-refractivity contribution is 0.0597. The molecule has 0 aromatic heterocycles.